The van der Waals surface area contributed by atoms with Crippen LogP contribution in [-0.2, 0) is 0 Å². The van der Waals surface area contributed by atoms with Crippen molar-refractivity contribution in [1.29, 1.82) is 0 Å². The Balaban J connectivity index is 1.86. The van der Waals surface area contributed by atoms with Gasteiger partial charge in [0.1, 0.15) is 0 Å². The Kier molecular flexibility index (Phi) is 3.89. The molecule has 1 aromatic carbocycles. The number of carbonyl (C=O) groups is 1. The van der Waals surface area contributed by atoms with Gasteiger partial charge < -0.3 is 10.1 Å². The molecule has 0 aliphatic rings. The van der Waals surface area contributed by atoms with Gasteiger partial charge in [-0.15, -0.1) is 0 Å². The van der Waals surface area contributed by atoms with Gasteiger partial charge in [0.2, 0.25) is 5.88 Å². The molecule has 22 heavy (non-hydrogen) atoms. The molecule has 2 heterocycles. The van der Waals surface area contributed by atoms with Gasteiger partial charge in [-0.05, 0) is 24.3 Å². The lowest BCUT2D eigenvalue weighted by Crippen LogP contribution is -2.12. The number of hydrogen-bond donors (Lipinski definition) is 1. The van der Waals surface area contributed by atoms with Crippen LogP contribution >= 0.6 is 11.6 Å². The van der Waals surface area contributed by atoms with Crippen molar-refractivity contribution in [3.8, 4) is 5.88 Å². The molecule has 0 saturated heterocycles. The number of aromatic nitrogens is 2. The number of rotatable bonds is 3. The molecule has 110 valence electrons. The second-order valence-corrected chi connectivity index (χ2v) is 4.92. The van der Waals surface area contributed by atoms with Crippen LogP contribution in [0.2, 0.25) is 5.15 Å². The summed E-state index contributed by atoms with van der Waals surface area (Å²) in [5.41, 5.74) is 1.68. The van der Waals surface area contributed by atoms with E-state index in [1.165, 1.54) is 7.11 Å². The van der Waals surface area contributed by atoms with Crippen LogP contribution in [0.4, 0.5) is 5.69 Å². The highest BCUT2D eigenvalue weighted by molar-refractivity contribution is 6.32. The minimum absolute atomic E-state index is 0.173. The summed E-state index contributed by atoms with van der Waals surface area (Å²) in [5, 5.41) is 3.87. The molecule has 3 aromatic rings. The molecule has 6 heteroatoms. The minimum atomic E-state index is -0.276. The number of nitrogens with one attached hydrogen (secondary N) is 1. The topological polar surface area (TPSA) is 64.1 Å². The first-order valence-electron chi connectivity index (χ1n) is 6.54. The second-order valence-electron chi connectivity index (χ2n) is 4.56. The molecular formula is C16H12ClN3O2. The van der Waals surface area contributed by atoms with Crippen molar-refractivity contribution in [1.82, 2.24) is 9.97 Å². The van der Waals surface area contributed by atoms with E-state index in [9.17, 15) is 4.79 Å². The van der Waals surface area contributed by atoms with E-state index in [1.807, 2.05) is 18.2 Å². The monoisotopic (exact) mass is 313 g/mol. The fraction of sp³-hybridized carbons (Fsp3) is 0.0625. The zero-order chi connectivity index (χ0) is 15.5. The zero-order valence-electron chi connectivity index (χ0n) is 11.7. The summed E-state index contributed by atoms with van der Waals surface area (Å²) < 4.78 is 4.97. The third kappa shape index (κ3) is 2.84. The van der Waals surface area contributed by atoms with E-state index >= 15 is 0 Å². The Labute approximate surface area is 131 Å². The average molecular weight is 314 g/mol. The van der Waals surface area contributed by atoms with Crippen molar-refractivity contribution in [2.75, 3.05) is 12.4 Å². The molecule has 5 nitrogen and oxygen atoms in total. The number of ether oxygens (including phenoxy) is 1. The Morgan fingerprint density at radius 2 is 2.09 bits per heavy atom. The Bertz CT molecular complexity index is 852. The Morgan fingerprint density at radius 1 is 1.23 bits per heavy atom. The number of fused-ring (bicyclic) bond motifs is 1. The number of hydrogen-bond acceptors (Lipinski definition) is 4. The number of nitrogens with zero attached hydrogens (tertiary/aromatic N) is 2. The van der Waals surface area contributed by atoms with Gasteiger partial charge in [-0.25, -0.2) is 0 Å². The highest BCUT2D eigenvalue weighted by Crippen LogP contribution is 2.23. The highest BCUT2D eigenvalue weighted by atomic mass is 35.5. The van der Waals surface area contributed by atoms with Gasteiger partial charge in [-0.1, -0.05) is 23.7 Å². The molecule has 1 N–H and O–H groups in total. The molecular weight excluding hydrogens is 302 g/mol. The molecule has 0 atom stereocenters. The van der Waals surface area contributed by atoms with E-state index in [4.69, 9.17) is 16.3 Å². The number of pyridine rings is 2. The quantitative estimate of drug-likeness (QED) is 0.751. The van der Waals surface area contributed by atoms with Gasteiger partial charge in [0.05, 0.1) is 18.3 Å². The first-order valence-corrected chi connectivity index (χ1v) is 6.92. The molecule has 0 aliphatic carbocycles. The zero-order valence-corrected chi connectivity index (χ0v) is 12.5. The van der Waals surface area contributed by atoms with Crippen LogP contribution in [0.3, 0.4) is 0 Å². The summed E-state index contributed by atoms with van der Waals surface area (Å²) in [6.45, 7) is 0. The summed E-state index contributed by atoms with van der Waals surface area (Å²) >= 11 is 6.02. The van der Waals surface area contributed by atoms with Gasteiger partial charge in [-0.3, -0.25) is 9.78 Å². The van der Waals surface area contributed by atoms with Crippen LogP contribution in [0.5, 0.6) is 5.88 Å². The lowest BCUT2D eigenvalue weighted by Gasteiger charge is -2.08. The fourth-order valence-electron chi connectivity index (χ4n) is 2.03. The first kappa shape index (κ1) is 14.3. The maximum absolute atomic E-state index is 12.3. The molecule has 0 saturated carbocycles. The van der Waals surface area contributed by atoms with Gasteiger partial charge in [0, 0.05) is 23.2 Å². The van der Waals surface area contributed by atoms with Crippen LogP contribution in [0.25, 0.3) is 10.9 Å². The standard InChI is InChI=1S/C16H12ClN3O2/c1-22-14-7-6-12(15(17)20-14)19-16(21)11-5-4-10-3-2-8-18-13(10)9-11/h2-9H,1H3,(H,19,21). The Hall–Kier alpha value is -2.66. The van der Waals surface area contributed by atoms with Crippen molar-refractivity contribution in [2.45, 2.75) is 0 Å². The molecule has 0 unspecified atom stereocenters. The Morgan fingerprint density at radius 3 is 2.86 bits per heavy atom. The lowest BCUT2D eigenvalue weighted by molar-refractivity contribution is 0.102. The largest absolute Gasteiger partial charge is 0.481 e. The minimum Gasteiger partial charge on any atom is -0.481 e. The van der Waals surface area contributed by atoms with E-state index in [0.717, 1.165) is 10.9 Å². The lowest BCUT2D eigenvalue weighted by atomic mass is 10.1. The summed E-state index contributed by atoms with van der Waals surface area (Å²) in [7, 11) is 1.50. The van der Waals surface area contributed by atoms with Crippen LogP contribution in [0.1, 0.15) is 10.4 Å². The van der Waals surface area contributed by atoms with Gasteiger partial charge >= 0.3 is 0 Å². The molecule has 0 fully saturated rings. The van der Waals surface area contributed by atoms with Crippen molar-refractivity contribution >= 4 is 34.1 Å². The van der Waals surface area contributed by atoms with Crippen LogP contribution < -0.4 is 10.1 Å². The molecule has 0 spiro atoms. The van der Waals surface area contributed by atoms with E-state index in [-0.39, 0.29) is 11.1 Å². The van der Waals surface area contributed by atoms with E-state index in [0.29, 0.717) is 17.1 Å². The van der Waals surface area contributed by atoms with Crippen LogP contribution in [0, 0.1) is 0 Å². The maximum atomic E-state index is 12.3. The summed E-state index contributed by atoms with van der Waals surface area (Å²) in [5.74, 6) is 0.110. The van der Waals surface area contributed by atoms with Gasteiger partial charge in [0.25, 0.3) is 5.91 Å². The van der Waals surface area contributed by atoms with Gasteiger partial charge in [0.15, 0.2) is 5.15 Å². The number of methoxy groups -OCH3 is 1. The molecule has 0 radical (unpaired) electrons. The predicted molar refractivity (Wildman–Crippen MR) is 85.5 cm³/mol. The number of benzene rings is 1. The third-order valence-corrected chi connectivity index (χ3v) is 3.44. The average Bonchev–Trinajstić information content (AvgIpc) is 2.56. The van der Waals surface area contributed by atoms with Crippen molar-refractivity contribution in [3.63, 3.8) is 0 Å². The third-order valence-electron chi connectivity index (χ3n) is 3.15. The molecule has 3 rings (SSSR count). The van der Waals surface area contributed by atoms with Crippen LogP contribution in [0.15, 0.2) is 48.7 Å². The maximum Gasteiger partial charge on any atom is 0.255 e. The molecule has 0 aliphatic heterocycles. The summed E-state index contributed by atoms with van der Waals surface area (Å²) in [6.07, 6.45) is 1.69. The smallest absolute Gasteiger partial charge is 0.255 e. The number of anilines is 1. The van der Waals surface area contributed by atoms with E-state index < -0.39 is 0 Å². The number of halogens is 1. The normalized spacial score (nSPS) is 10.5. The number of carbonyl (C=O) groups excluding carboxylic acids is 1. The highest BCUT2D eigenvalue weighted by Gasteiger charge is 2.11. The predicted octanol–water partition coefficient (Wildman–Crippen LogP) is 3.54. The van der Waals surface area contributed by atoms with E-state index in [1.54, 1.807) is 30.5 Å². The van der Waals surface area contributed by atoms with Crippen molar-refractivity contribution in [3.05, 3.63) is 59.4 Å². The molecule has 0 bridgehead atoms. The molecule has 1 amide bonds. The second kappa shape index (κ2) is 5.99. The van der Waals surface area contributed by atoms with Crippen molar-refractivity contribution in [2.24, 2.45) is 0 Å². The van der Waals surface area contributed by atoms with Gasteiger partial charge in [-0.2, -0.15) is 4.98 Å². The fourth-order valence-corrected chi connectivity index (χ4v) is 2.22. The number of amides is 1. The SMILES string of the molecule is COc1ccc(NC(=O)c2ccc3cccnc3c2)c(Cl)n1. The first-order chi connectivity index (χ1) is 10.7. The molecule has 2 aromatic heterocycles. The summed E-state index contributed by atoms with van der Waals surface area (Å²) in [6, 6.07) is 12.4. The van der Waals surface area contributed by atoms with Crippen molar-refractivity contribution < 1.29 is 9.53 Å². The summed E-state index contributed by atoms with van der Waals surface area (Å²) in [4.78, 5) is 20.5. The van der Waals surface area contributed by atoms with Crippen LogP contribution in [-0.4, -0.2) is 23.0 Å². The van der Waals surface area contributed by atoms with E-state index in [2.05, 4.69) is 15.3 Å².